The highest BCUT2D eigenvalue weighted by molar-refractivity contribution is 5.98. The summed E-state index contributed by atoms with van der Waals surface area (Å²) >= 11 is 0. The van der Waals surface area contributed by atoms with E-state index in [1.807, 2.05) is 52.3 Å². The minimum absolute atomic E-state index is 0.0292. The van der Waals surface area contributed by atoms with Crippen LogP contribution in [-0.2, 0) is 22.6 Å². The van der Waals surface area contributed by atoms with Crippen molar-refractivity contribution in [3.63, 3.8) is 0 Å². The van der Waals surface area contributed by atoms with Crippen molar-refractivity contribution in [1.82, 2.24) is 19.7 Å². The highest BCUT2D eigenvalue weighted by atomic mass is 16.5. The van der Waals surface area contributed by atoms with Crippen LogP contribution in [0.2, 0.25) is 0 Å². The van der Waals surface area contributed by atoms with Crippen molar-refractivity contribution in [3.05, 3.63) is 95.2 Å². The lowest BCUT2D eigenvalue weighted by Gasteiger charge is -2.49. The number of methoxy groups -OCH3 is 2. The summed E-state index contributed by atoms with van der Waals surface area (Å²) in [5.41, 5.74) is 5.17. The number of hydrogen-bond donors (Lipinski definition) is 1. The zero-order valence-electron chi connectivity index (χ0n) is 24.1. The number of nitrogens with zero attached hydrogens (tertiary/aromatic N) is 3. The molecule has 0 unspecified atom stereocenters. The van der Waals surface area contributed by atoms with E-state index in [1.165, 1.54) is 5.56 Å². The predicted molar refractivity (Wildman–Crippen MR) is 160 cm³/mol. The third-order valence-electron chi connectivity index (χ3n) is 9.28. The molecule has 42 heavy (non-hydrogen) atoms. The summed E-state index contributed by atoms with van der Waals surface area (Å²) in [6.45, 7) is 2.82. The first-order valence-corrected chi connectivity index (χ1v) is 14.7. The standard InChI is InChI=1S/C34H36N4O4/c1-41-24-12-13-26(30(18-24)42-2)33-32-27(25-10-6-7-11-28(25)35-32)19-29-34(40)37(21-31(39)38(29)33)23-14-16-36(17-15-23)20-22-8-4-3-5-9-22/h3-13,18,23,29,33,35H,14-17,19-21H2,1-2H3/t29-,33-/m0/s1. The second-order valence-corrected chi connectivity index (χ2v) is 11.6. The number of fused-ring (bicyclic) bond motifs is 4. The fraction of sp³-hybridized carbons (Fsp3) is 0.353. The number of piperidine rings is 1. The number of aromatic amines is 1. The van der Waals surface area contributed by atoms with Crippen LogP contribution in [0, 0.1) is 0 Å². The number of piperazine rings is 1. The smallest absolute Gasteiger partial charge is 0.246 e. The molecule has 216 valence electrons. The molecule has 0 aliphatic carbocycles. The molecule has 0 radical (unpaired) electrons. The lowest BCUT2D eigenvalue weighted by Crippen LogP contribution is -2.65. The van der Waals surface area contributed by atoms with Gasteiger partial charge in [-0.1, -0.05) is 48.5 Å². The number of H-pyrrole nitrogens is 1. The molecule has 0 spiro atoms. The van der Waals surface area contributed by atoms with Gasteiger partial charge in [0, 0.05) is 60.3 Å². The van der Waals surface area contributed by atoms with Gasteiger partial charge in [0.05, 0.1) is 14.2 Å². The topological polar surface area (TPSA) is 78.1 Å². The van der Waals surface area contributed by atoms with E-state index in [1.54, 1.807) is 14.2 Å². The summed E-state index contributed by atoms with van der Waals surface area (Å²) in [6, 6.07) is 23.4. The number of nitrogens with one attached hydrogen (secondary N) is 1. The molecule has 2 amide bonds. The summed E-state index contributed by atoms with van der Waals surface area (Å²) in [6.07, 6.45) is 2.22. The normalized spacial score (nSPS) is 21.4. The number of aromatic nitrogens is 1. The largest absolute Gasteiger partial charge is 0.497 e. The van der Waals surface area contributed by atoms with Gasteiger partial charge in [0.2, 0.25) is 11.8 Å². The van der Waals surface area contributed by atoms with Gasteiger partial charge in [0.15, 0.2) is 0 Å². The van der Waals surface area contributed by atoms with Crippen LogP contribution in [0.4, 0.5) is 0 Å². The molecule has 8 nitrogen and oxygen atoms in total. The van der Waals surface area contributed by atoms with Crippen LogP contribution in [0.5, 0.6) is 11.5 Å². The van der Waals surface area contributed by atoms with Crippen molar-refractivity contribution in [2.45, 2.75) is 43.9 Å². The Balaban J connectivity index is 1.21. The SMILES string of the molecule is COc1ccc([C@H]2c3[nH]c4ccccc4c3C[C@H]3C(=O)N(C4CCN(Cc5ccccc5)CC4)CC(=O)N23)c(OC)c1. The minimum atomic E-state index is -0.572. The zero-order valence-corrected chi connectivity index (χ0v) is 24.1. The molecule has 3 aromatic carbocycles. The third-order valence-corrected chi connectivity index (χ3v) is 9.28. The fourth-order valence-electron chi connectivity index (χ4n) is 7.20. The minimum Gasteiger partial charge on any atom is -0.497 e. The van der Waals surface area contributed by atoms with Crippen molar-refractivity contribution < 1.29 is 19.1 Å². The van der Waals surface area contributed by atoms with Gasteiger partial charge in [-0.15, -0.1) is 0 Å². The van der Waals surface area contributed by atoms with E-state index < -0.39 is 12.1 Å². The van der Waals surface area contributed by atoms with E-state index >= 15 is 0 Å². The van der Waals surface area contributed by atoms with Gasteiger partial charge >= 0.3 is 0 Å². The van der Waals surface area contributed by atoms with Crippen LogP contribution in [0.3, 0.4) is 0 Å². The van der Waals surface area contributed by atoms with Gasteiger partial charge in [-0.25, -0.2) is 0 Å². The average Bonchev–Trinajstić information content (AvgIpc) is 3.41. The maximum Gasteiger partial charge on any atom is 0.246 e. The number of para-hydroxylation sites is 1. The van der Waals surface area contributed by atoms with Crippen molar-refractivity contribution in [1.29, 1.82) is 0 Å². The Morgan fingerprint density at radius 3 is 2.43 bits per heavy atom. The molecule has 7 rings (SSSR count). The number of ether oxygens (including phenoxy) is 2. The van der Waals surface area contributed by atoms with Gasteiger partial charge in [-0.2, -0.15) is 0 Å². The average molecular weight is 565 g/mol. The van der Waals surface area contributed by atoms with Crippen LogP contribution >= 0.6 is 0 Å². The number of rotatable bonds is 6. The summed E-state index contributed by atoms with van der Waals surface area (Å²) < 4.78 is 11.3. The molecule has 3 aliphatic rings. The molecule has 8 heteroatoms. The highest BCUT2D eigenvalue weighted by Gasteiger charge is 2.50. The maximum atomic E-state index is 14.3. The highest BCUT2D eigenvalue weighted by Crippen LogP contribution is 2.46. The second kappa shape index (κ2) is 10.8. The van der Waals surface area contributed by atoms with Crippen LogP contribution in [0.25, 0.3) is 10.9 Å². The second-order valence-electron chi connectivity index (χ2n) is 11.6. The zero-order chi connectivity index (χ0) is 28.8. The van der Waals surface area contributed by atoms with E-state index in [4.69, 9.17) is 9.47 Å². The summed E-state index contributed by atoms with van der Waals surface area (Å²) in [5, 5.41) is 1.09. The van der Waals surface area contributed by atoms with Crippen molar-refractivity contribution >= 4 is 22.7 Å². The molecule has 2 saturated heterocycles. The Morgan fingerprint density at radius 1 is 0.905 bits per heavy atom. The molecular weight excluding hydrogens is 528 g/mol. The number of benzene rings is 3. The molecule has 0 bridgehead atoms. The van der Waals surface area contributed by atoms with E-state index in [-0.39, 0.29) is 24.4 Å². The van der Waals surface area contributed by atoms with Gasteiger partial charge in [-0.3, -0.25) is 14.5 Å². The predicted octanol–water partition coefficient (Wildman–Crippen LogP) is 4.53. The Morgan fingerprint density at radius 2 is 1.67 bits per heavy atom. The molecule has 4 aromatic rings. The van der Waals surface area contributed by atoms with Gasteiger partial charge in [0.1, 0.15) is 30.1 Å². The molecule has 2 fully saturated rings. The quantitative estimate of drug-likeness (QED) is 0.372. The lowest BCUT2D eigenvalue weighted by molar-refractivity contribution is -0.161. The molecule has 1 N–H and O–H groups in total. The summed E-state index contributed by atoms with van der Waals surface area (Å²) in [4.78, 5) is 38.2. The number of carbonyl (C=O) groups is 2. The van der Waals surface area contributed by atoms with E-state index in [2.05, 4.69) is 40.2 Å². The Labute approximate surface area is 245 Å². The lowest BCUT2D eigenvalue weighted by atomic mass is 9.85. The Hall–Kier alpha value is -4.30. The van der Waals surface area contributed by atoms with Crippen LogP contribution in [0.1, 0.15) is 41.3 Å². The third kappa shape index (κ3) is 4.50. The first kappa shape index (κ1) is 26.6. The number of carbonyl (C=O) groups excluding carboxylic acids is 2. The van der Waals surface area contributed by atoms with Gasteiger partial charge in [-0.05, 0) is 42.2 Å². The fourth-order valence-corrected chi connectivity index (χ4v) is 7.20. The number of hydrogen-bond acceptors (Lipinski definition) is 5. The molecule has 0 saturated carbocycles. The molecule has 2 atom stereocenters. The Bertz CT molecular complexity index is 1630. The van der Waals surface area contributed by atoms with Gasteiger partial charge in [0.25, 0.3) is 0 Å². The number of likely N-dealkylation sites (tertiary alicyclic amines) is 1. The van der Waals surface area contributed by atoms with E-state index in [0.29, 0.717) is 17.9 Å². The summed E-state index contributed by atoms with van der Waals surface area (Å²) in [5.74, 6) is 1.31. The Kier molecular flexibility index (Phi) is 6.86. The first-order chi connectivity index (χ1) is 20.6. The molecule has 4 heterocycles. The van der Waals surface area contributed by atoms with Crippen LogP contribution in [-0.4, -0.2) is 77.4 Å². The van der Waals surface area contributed by atoms with Crippen molar-refractivity contribution in [2.24, 2.45) is 0 Å². The van der Waals surface area contributed by atoms with Crippen LogP contribution in [0.15, 0.2) is 72.8 Å². The maximum absolute atomic E-state index is 14.3. The van der Waals surface area contributed by atoms with Gasteiger partial charge < -0.3 is 24.3 Å². The molecule has 1 aromatic heterocycles. The van der Waals surface area contributed by atoms with E-state index in [0.717, 1.165) is 60.2 Å². The molecular formula is C34H36N4O4. The first-order valence-electron chi connectivity index (χ1n) is 14.7. The summed E-state index contributed by atoms with van der Waals surface area (Å²) in [7, 11) is 3.24. The van der Waals surface area contributed by atoms with Crippen molar-refractivity contribution in [3.8, 4) is 11.5 Å². The molecule has 3 aliphatic heterocycles. The number of amides is 2. The van der Waals surface area contributed by atoms with Crippen molar-refractivity contribution in [2.75, 3.05) is 33.9 Å². The van der Waals surface area contributed by atoms with E-state index in [9.17, 15) is 9.59 Å². The van der Waals surface area contributed by atoms with Crippen LogP contribution < -0.4 is 9.47 Å². The monoisotopic (exact) mass is 564 g/mol.